The number of pyridine rings is 2. The average Bonchev–Trinajstić information content (AvgIpc) is 3.58. The molecule has 16 heteroatoms. The highest BCUT2D eigenvalue weighted by Gasteiger charge is 2.40. The number of nitroso groups, excluding NO2 is 1. The molecule has 5 rings (SSSR count). The van der Waals surface area contributed by atoms with Gasteiger partial charge >= 0.3 is 0 Å². The van der Waals surface area contributed by atoms with Crippen LogP contribution in [0.1, 0.15) is 40.0 Å². The Bertz CT molecular complexity index is 1910. The van der Waals surface area contributed by atoms with Gasteiger partial charge in [0.25, 0.3) is 17.7 Å². The minimum absolute atomic E-state index is 0.0519. The van der Waals surface area contributed by atoms with Gasteiger partial charge in [0.2, 0.25) is 5.91 Å². The Balaban J connectivity index is 1.02. The summed E-state index contributed by atoms with van der Waals surface area (Å²) in [6.45, 7) is 0.248. The predicted octanol–water partition coefficient (Wildman–Crippen LogP) is 4.56. The van der Waals surface area contributed by atoms with Crippen molar-refractivity contribution in [2.75, 3.05) is 52.5 Å². The number of hydrogen-bond acceptors (Lipinski definition) is 10. The van der Waals surface area contributed by atoms with Crippen LogP contribution in [-0.2, 0) is 9.59 Å². The molecule has 1 aliphatic rings. The van der Waals surface area contributed by atoms with Gasteiger partial charge in [-0.25, -0.2) is 8.78 Å². The van der Waals surface area contributed by atoms with E-state index < -0.39 is 37.2 Å². The number of ether oxygens (including phenoxy) is 2. The molecule has 4 aromatic rings. The van der Waals surface area contributed by atoms with Gasteiger partial charge in [-0.1, -0.05) is 24.3 Å². The monoisotopic (exact) mass is 743 g/mol. The summed E-state index contributed by atoms with van der Waals surface area (Å²) in [7, 11) is 0. The van der Waals surface area contributed by atoms with Crippen molar-refractivity contribution in [1.29, 1.82) is 0 Å². The number of carbonyl (C=O) groups is 4. The quantitative estimate of drug-likeness (QED) is 0.0601. The van der Waals surface area contributed by atoms with Crippen molar-refractivity contribution in [3.05, 3.63) is 101 Å². The maximum atomic E-state index is 13.5. The first kappa shape index (κ1) is 38.9. The molecule has 3 heterocycles. The summed E-state index contributed by atoms with van der Waals surface area (Å²) in [5, 5.41) is 9.56. The molecule has 2 N–H and O–H groups in total. The number of rotatable bonds is 19. The van der Waals surface area contributed by atoms with Crippen molar-refractivity contribution in [2.45, 2.75) is 25.2 Å². The number of likely N-dealkylation sites (tertiary alicyclic amines) is 1. The Morgan fingerprint density at radius 3 is 1.80 bits per heavy atom. The number of nitrogens with one attached hydrogen (secondary N) is 2. The third-order valence-corrected chi connectivity index (χ3v) is 8.50. The van der Waals surface area contributed by atoms with Crippen LogP contribution in [0.25, 0.3) is 22.3 Å². The van der Waals surface area contributed by atoms with Gasteiger partial charge in [-0.15, -0.1) is 4.91 Å². The molecule has 2 aromatic carbocycles. The first-order chi connectivity index (χ1) is 26.2. The fourth-order valence-electron chi connectivity index (χ4n) is 5.72. The number of aldehydes is 1. The van der Waals surface area contributed by atoms with Crippen molar-refractivity contribution in [3.63, 3.8) is 0 Å². The van der Waals surface area contributed by atoms with Crippen molar-refractivity contribution in [2.24, 2.45) is 5.29 Å². The average molecular weight is 744 g/mol. The zero-order valence-corrected chi connectivity index (χ0v) is 29.3. The van der Waals surface area contributed by atoms with E-state index in [0.29, 0.717) is 79.2 Å². The summed E-state index contributed by atoms with van der Waals surface area (Å²) >= 11 is 0. The van der Waals surface area contributed by atoms with Crippen LogP contribution in [0.4, 0.5) is 8.78 Å². The highest BCUT2D eigenvalue weighted by atomic mass is 19.3. The second-order valence-corrected chi connectivity index (χ2v) is 12.3. The lowest BCUT2D eigenvalue weighted by Crippen LogP contribution is -2.40. The molecular formula is C38H39F2N7O7. The lowest BCUT2D eigenvalue weighted by atomic mass is 10.0. The Labute approximate surface area is 309 Å². The summed E-state index contributed by atoms with van der Waals surface area (Å²) in [6.07, 6.45) is 7.36. The van der Waals surface area contributed by atoms with E-state index in [9.17, 15) is 32.9 Å². The first-order valence-corrected chi connectivity index (χ1v) is 17.3. The summed E-state index contributed by atoms with van der Waals surface area (Å²) in [6, 6.07) is 17.3. The molecule has 0 radical (unpaired) electrons. The van der Waals surface area contributed by atoms with Gasteiger partial charge in [0.1, 0.15) is 17.8 Å². The molecule has 1 aliphatic heterocycles. The summed E-state index contributed by atoms with van der Waals surface area (Å²) in [5.74, 6) is -3.19. The van der Waals surface area contributed by atoms with Crippen molar-refractivity contribution < 1.29 is 37.4 Å². The van der Waals surface area contributed by atoms with E-state index in [4.69, 9.17) is 9.47 Å². The van der Waals surface area contributed by atoms with Crippen LogP contribution in [0.15, 0.2) is 90.7 Å². The third kappa shape index (κ3) is 10.8. The number of alkyl halides is 2. The molecule has 0 unspecified atom stereocenters. The second kappa shape index (κ2) is 19.0. The fraction of sp³-hybridized carbons (Fsp3) is 0.316. The molecule has 3 amide bonds. The SMILES string of the molecule is O=CCNC(=O)c1ccncc1-c1ccc(OCCCN(CCCOc2ccc(-c3cnccc3C(=O)NCC(=O)N3CCC(F)(F)C3)cc2)N=O)cc1. The Morgan fingerprint density at radius 2 is 1.33 bits per heavy atom. The Kier molecular flexibility index (Phi) is 13.7. The second-order valence-electron chi connectivity index (χ2n) is 12.3. The fourth-order valence-corrected chi connectivity index (χ4v) is 5.72. The topological polar surface area (TPSA) is 172 Å². The molecule has 0 aliphatic carbocycles. The van der Waals surface area contributed by atoms with E-state index in [1.165, 1.54) is 29.7 Å². The molecule has 2 aromatic heterocycles. The van der Waals surface area contributed by atoms with Gasteiger partial charge in [0.15, 0.2) is 0 Å². The Morgan fingerprint density at radius 1 is 0.815 bits per heavy atom. The van der Waals surface area contributed by atoms with E-state index >= 15 is 0 Å². The normalized spacial score (nSPS) is 13.1. The summed E-state index contributed by atoms with van der Waals surface area (Å²) in [4.78, 5) is 69.0. The van der Waals surface area contributed by atoms with E-state index in [0.717, 1.165) is 10.5 Å². The highest BCUT2D eigenvalue weighted by Crippen LogP contribution is 2.28. The molecule has 54 heavy (non-hydrogen) atoms. The number of aromatic nitrogens is 2. The van der Waals surface area contributed by atoms with Crippen LogP contribution in [0.2, 0.25) is 0 Å². The van der Waals surface area contributed by atoms with Gasteiger partial charge in [0, 0.05) is 74.8 Å². The van der Waals surface area contributed by atoms with Gasteiger partial charge in [0.05, 0.1) is 49.3 Å². The minimum atomic E-state index is -2.91. The van der Waals surface area contributed by atoms with Gasteiger partial charge in [-0.3, -0.25) is 29.4 Å². The Hall–Kier alpha value is -6.32. The number of halogens is 2. The van der Waals surface area contributed by atoms with E-state index in [-0.39, 0.29) is 24.6 Å². The molecule has 282 valence electrons. The van der Waals surface area contributed by atoms with Gasteiger partial charge in [-0.05, 0) is 47.5 Å². The van der Waals surface area contributed by atoms with Crippen LogP contribution in [0, 0.1) is 4.91 Å². The lowest BCUT2D eigenvalue weighted by molar-refractivity contribution is -0.130. The van der Waals surface area contributed by atoms with Crippen LogP contribution < -0.4 is 20.1 Å². The number of nitrogens with zero attached hydrogens (tertiary/aromatic N) is 5. The van der Waals surface area contributed by atoms with E-state index in [1.54, 1.807) is 48.7 Å². The smallest absolute Gasteiger partial charge is 0.267 e. The lowest BCUT2D eigenvalue weighted by Gasteiger charge is -2.17. The number of amides is 3. The first-order valence-electron chi connectivity index (χ1n) is 17.3. The number of benzene rings is 2. The molecule has 1 fully saturated rings. The zero-order valence-electron chi connectivity index (χ0n) is 29.3. The summed E-state index contributed by atoms with van der Waals surface area (Å²) in [5.41, 5.74) is 3.25. The molecule has 0 spiro atoms. The summed E-state index contributed by atoms with van der Waals surface area (Å²) < 4.78 is 38.6. The molecule has 1 saturated heterocycles. The van der Waals surface area contributed by atoms with Crippen molar-refractivity contribution in [3.8, 4) is 33.8 Å². The van der Waals surface area contributed by atoms with Gasteiger partial charge in [-0.2, -0.15) is 0 Å². The van der Waals surface area contributed by atoms with E-state index in [2.05, 4.69) is 25.9 Å². The van der Waals surface area contributed by atoms with Crippen LogP contribution in [0.3, 0.4) is 0 Å². The third-order valence-electron chi connectivity index (χ3n) is 8.50. The largest absolute Gasteiger partial charge is 0.494 e. The van der Waals surface area contributed by atoms with Gasteiger partial charge < -0.3 is 29.8 Å². The molecule has 0 saturated carbocycles. The standard InChI is InChI=1S/C38H39F2N7O7/c39-38(40)13-19-46(26-38)35(49)25-44-37(51)32-12-15-42-24-34(32)28-5-9-30(10-6-28)54-22-2-18-47(45-52)17-1-21-53-29-7-3-27(4-8-29)33-23-41-14-11-31(33)36(50)43-16-20-48/h3-12,14-15,20,23-24H,1-2,13,16-19,21-22,25-26H2,(H,43,50)(H,44,51). The number of hydrogen-bond donors (Lipinski definition) is 2. The maximum absolute atomic E-state index is 13.5. The number of carbonyl (C=O) groups excluding carboxylic acids is 4. The van der Waals surface area contributed by atoms with Crippen LogP contribution in [-0.4, -0.2) is 102 Å². The molecule has 14 nitrogen and oxygen atoms in total. The molecule has 0 atom stereocenters. The van der Waals surface area contributed by atoms with Crippen molar-refractivity contribution in [1.82, 2.24) is 30.5 Å². The highest BCUT2D eigenvalue weighted by molar-refractivity contribution is 6.02. The molecule has 0 bridgehead atoms. The van der Waals surface area contributed by atoms with Crippen LogP contribution in [0.5, 0.6) is 11.5 Å². The predicted molar refractivity (Wildman–Crippen MR) is 194 cm³/mol. The molecular weight excluding hydrogens is 704 g/mol. The minimum Gasteiger partial charge on any atom is -0.494 e. The van der Waals surface area contributed by atoms with E-state index in [1.807, 2.05) is 12.1 Å². The van der Waals surface area contributed by atoms with Crippen LogP contribution >= 0.6 is 0 Å². The zero-order chi connectivity index (χ0) is 38.3. The van der Waals surface area contributed by atoms with Crippen molar-refractivity contribution >= 4 is 24.0 Å². The maximum Gasteiger partial charge on any atom is 0.267 e.